The number of pyridine rings is 1. The minimum Gasteiger partial charge on any atom is -0.381 e. The highest BCUT2D eigenvalue weighted by Crippen LogP contribution is 2.31. The van der Waals surface area contributed by atoms with E-state index in [2.05, 4.69) is 15.2 Å². The zero-order chi connectivity index (χ0) is 13.9. The van der Waals surface area contributed by atoms with Crippen molar-refractivity contribution in [3.63, 3.8) is 0 Å². The first-order valence-corrected chi connectivity index (χ1v) is 7.16. The molecule has 0 aliphatic carbocycles. The molecule has 2 aromatic heterocycles. The van der Waals surface area contributed by atoms with Crippen molar-refractivity contribution in [2.24, 2.45) is 0 Å². The number of aromatic nitrogens is 3. The largest absolute Gasteiger partial charge is 0.381 e. The number of carbonyl (C=O) groups excluding carboxylic acids is 1. The Bertz CT molecular complexity index is 595. The first kappa shape index (κ1) is 13.1. The second-order valence-corrected chi connectivity index (χ2v) is 5.57. The van der Waals surface area contributed by atoms with Crippen LogP contribution in [0.3, 0.4) is 0 Å². The summed E-state index contributed by atoms with van der Waals surface area (Å²) in [6.07, 6.45) is 4.17. The molecule has 1 aliphatic rings. The summed E-state index contributed by atoms with van der Waals surface area (Å²) >= 11 is 1.45. The van der Waals surface area contributed by atoms with Crippen LogP contribution in [0.2, 0.25) is 0 Å². The first-order valence-electron chi connectivity index (χ1n) is 6.35. The van der Waals surface area contributed by atoms with Gasteiger partial charge in [-0.1, -0.05) is 11.3 Å². The molecule has 104 valence electrons. The van der Waals surface area contributed by atoms with Gasteiger partial charge in [0.25, 0.3) is 5.91 Å². The minimum atomic E-state index is -0.113. The van der Waals surface area contributed by atoms with E-state index < -0.39 is 0 Å². The molecule has 3 heterocycles. The van der Waals surface area contributed by atoms with Gasteiger partial charge in [0.05, 0.1) is 6.61 Å². The lowest BCUT2D eigenvalue weighted by Gasteiger charge is -2.12. The first-order chi connectivity index (χ1) is 9.75. The second-order valence-electron chi connectivity index (χ2n) is 4.58. The molecule has 1 atom stereocenters. The standard InChI is InChI=1S/C13H14N4O2S/c1-17(12(18)9-2-5-14-6-3-9)13-16-15-11(20-13)10-4-7-19-8-10/h2-3,5-6,10H,4,7-8H2,1H3/t10-/m1/s1. The zero-order valence-corrected chi connectivity index (χ0v) is 11.8. The van der Waals surface area contributed by atoms with Crippen LogP contribution in [0.4, 0.5) is 5.13 Å². The van der Waals surface area contributed by atoms with Crippen LogP contribution in [0.25, 0.3) is 0 Å². The normalized spacial score (nSPS) is 18.1. The molecule has 0 saturated carbocycles. The highest BCUT2D eigenvalue weighted by atomic mass is 32.1. The van der Waals surface area contributed by atoms with Crippen molar-refractivity contribution in [3.05, 3.63) is 35.1 Å². The fourth-order valence-corrected chi connectivity index (χ4v) is 2.95. The second kappa shape index (κ2) is 5.64. The summed E-state index contributed by atoms with van der Waals surface area (Å²) in [6.45, 7) is 1.46. The number of carbonyl (C=O) groups is 1. The lowest BCUT2D eigenvalue weighted by Crippen LogP contribution is -2.26. The van der Waals surface area contributed by atoms with E-state index in [-0.39, 0.29) is 5.91 Å². The van der Waals surface area contributed by atoms with Crippen LogP contribution >= 0.6 is 11.3 Å². The van der Waals surface area contributed by atoms with Crippen molar-refractivity contribution < 1.29 is 9.53 Å². The Hall–Kier alpha value is -1.86. The monoisotopic (exact) mass is 290 g/mol. The number of amides is 1. The van der Waals surface area contributed by atoms with Crippen molar-refractivity contribution in [1.82, 2.24) is 15.2 Å². The molecular weight excluding hydrogens is 276 g/mol. The topological polar surface area (TPSA) is 68.2 Å². The number of nitrogens with zero attached hydrogens (tertiary/aromatic N) is 4. The van der Waals surface area contributed by atoms with Gasteiger partial charge < -0.3 is 4.74 Å². The molecule has 0 bridgehead atoms. The molecule has 6 nitrogen and oxygen atoms in total. The van der Waals surface area contributed by atoms with E-state index in [9.17, 15) is 4.79 Å². The van der Waals surface area contributed by atoms with Gasteiger partial charge in [-0.05, 0) is 18.6 Å². The molecule has 1 saturated heterocycles. The Morgan fingerprint density at radius 2 is 2.20 bits per heavy atom. The molecule has 1 aliphatic heterocycles. The van der Waals surface area contributed by atoms with Crippen molar-refractivity contribution in [1.29, 1.82) is 0 Å². The molecule has 3 rings (SSSR count). The predicted molar refractivity (Wildman–Crippen MR) is 75.1 cm³/mol. The summed E-state index contributed by atoms with van der Waals surface area (Å²) in [5.74, 6) is 0.198. The third-order valence-electron chi connectivity index (χ3n) is 3.23. The highest BCUT2D eigenvalue weighted by Gasteiger charge is 2.24. The number of hydrogen-bond donors (Lipinski definition) is 0. The van der Waals surface area contributed by atoms with Crippen molar-refractivity contribution in [2.75, 3.05) is 25.2 Å². The van der Waals surface area contributed by atoms with E-state index in [1.165, 1.54) is 16.2 Å². The summed E-state index contributed by atoms with van der Waals surface area (Å²) in [7, 11) is 1.71. The summed E-state index contributed by atoms with van der Waals surface area (Å²) in [5.41, 5.74) is 0.587. The lowest BCUT2D eigenvalue weighted by atomic mass is 10.1. The molecule has 0 N–H and O–H groups in total. The van der Waals surface area contributed by atoms with Crippen molar-refractivity contribution in [3.8, 4) is 0 Å². The van der Waals surface area contributed by atoms with E-state index in [1.54, 1.807) is 31.6 Å². The van der Waals surface area contributed by atoms with E-state index >= 15 is 0 Å². The molecule has 20 heavy (non-hydrogen) atoms. The van der Waals surface area contributed by atoms with Crippen LogP contribution < -0.4 is 4.90 Å². The van der Waals surface area contributed by atoms with Gasteiger partial charge in [-0.3, -0.25) is 14.7 Å². The minimum absolute atomic E-state index is 0.113. The van der Waals surface area contributed by atoms with E-state index in [4.69, 9.17) is 4.74 Å². The smallest absolute Gasteiger partial charge is 0.259 e. The Balaban J connectivity index is 1.77. The summed E-state index contributed by atoms with van der Waals surface area (Å²) in [6, 6.07) is 3.37. The van der Waals surface area contributed by atoms with Crippen LogP contribution in [0.5, 0.6) is 0 Å². The lowest BCUT2D eigenvalue weighted by molar-refractivity contribution is 0.0992. The van der Waals surface area contributed by atoms with Gasteiger partial charge in [-0.15, -0.1) is 10.2 Å². The average Bonchev–Trinajstić information content (AvgIpc) is 3.17. The molecule has 0 radical (unpaired) electrons. The van der Waals surface area contributed by atoms with Crippen LogP contribution in [0.1, 0.15) is 27.7 Å². The third-order valence-corrected chi connectivity index (χ3v) is 4.39. The van der Waals surface area contributed by atoms with Gasteiger partial charge in [-0.25, -0.2) is 0 Å². The highest BCUT2D eigenvalue weighted by molar-refractivity contribution is 7.15. The maximum Gasteiger partial charge on any atom is 0.259 e. The fraction of sp³-hybridized carbons (Fsp3) is 0.385. The molecule has 1 amide bonds. The Morgan fingerprint density at radius 3 is 2.90 bits per heavy atom. The number of anilines is 1. The maximum atomic E-state index is 12.3. The molecule has 1 fully saturated rings. The van der Waals surface area contributed by atoms with Gasteiger partial charge in [0, 0.05) is 37.5 Å². The van der Waals surface area contributed by atoms with Gasteiger partial charge in [0.1, 0.15) is 5.01 Å². The molecule has 0 unspecified atom stereocenters. The molecule has 2 aromatic rings. The van der Waals surface area contributed by atoms with Crippen LogP contribution in [-0.4, -0.2) is 41.3 Å². The molecule has 7 heteroatoms. The van der Waals surface area contributed by atoms with E-state index in [1.807, 2.05) is 0 Å². The maximum absolute atomic E-state index is 12.3. The third kappa shape index (κ3) is 2.54. The zero-order valence-electron chi connectivity index (χ0n) is 11.0. The number of ether oxygens (including phenoxy) is 1. The van der Waals surface area contributed by atoms with Crippen LogP contribution in [-0.2, 0) is 4.74 Å². The molecule has 0 spiro atoms. The van der Waals surface area contributed by atoms with Crippen LogP contribution in [0.15, 0.2) is 24.5 Å². The predicted octanol–water partition coefficient (Wildman–Crippen LogP) is 1.71. The summed E-state index contributed by atoms with van der Waals surface area (Å²) in [4.78, 5) is 17.7. The Labute approximate surface area is 120 Å². The fourth-order valence-electron chi connectivity index (χ4n) is 2.03. The Kier molecular flexibility index (Phi) is 3.70. The average molecular weight is 290 g/mol. The van der Waals surface area contributed by atoms with Gasteiger partial charge in [0.15, 0.2) is 0 Å². The van der Waals surface area contributed by atoms with E-state index in [0.717, 1.165) is 18.0 Å². The number of hydrogen-bond acceptors (Lipinski definition) is 6. The molecule has 0 aromatic carbocycles. The summed E-state index contributed by atoms with van der Waals surface area (Å²) in [5, 5.41) is 9.83. The van der Waals surface area contributed by atoms with Gasteiger partial charge >= 0.3 is 0 Å². The Morgan fingerprint density at radius 1 is 1.40 bits per heavy atom. The summed E-state index contributed by atoms with van der Waals surface area (Å²) < 4.78 is 5.35. The van der Waals surface area contributed by atoms with Crippen molar-refractivity contribution >= 4 is 22.4 Å². The SMILES string of the molecule is CN(C(=O)c1ccncc1)c1nnc([C@@H]2CCOC2)s1. The molecular formula is C13H14N4O2S. The van der Waals surface area contributed by atoms with E-state index in [0.29, 0.717) is 23.2 Å². The van der Waals surface area contributed by atoms with Crippen LogP contribution in [0, 0.1) is 0 Å². The van der Waals surface area contributed by atoms with Gasteiger partial charge in [-0.2, -0.15) is 0 Å². The van der Waals surface area contributed by atoms with Gasteiger partial charge in [0.2, 0.25) is 5.13 Å². The van der Waals surface area contributed by atoms with Crippen molar-refractivity contribution in [2.45, 2.75) is 12.3 Å². The quantitative estimate of drug-likeness (QED) is 0.861. The number of rotatable bonds is 3.